The summed E-state index contributed by atoms with van der Waals surface area (Å²) in [7, 11) is 0. The average molecular weight is 658 g/mol. The van der Waals surface area contributed by atoms with Crippen LogP contribution in [0.1, 0.15) is 51.3 Å². The average Bonchev–Trinajstić information content (AvgIpc) is 3.38. The number of aliphatic hydroxyl groups is 1. The van der Waals surface area contributed by atoms with Crippen molar-refractivity contribution in [3.8, 4) is 11.8 Å². The van der Waals surface area contributed by atoms with Gasteiger partial charge < -0.3 is 33.5 Å². The lowest BCUT2D eigenvalue weighted by atomic mass is 9.94. The van der Waals surface area contributed by atoms with Crippen LogP contribution in [0, 0.1) is 11.8 Å². The van der Waals surface area contributed by atoms with E-state index in [1.807, 2.05) is 126 Å². The predicted molar refractivity (Wildman–Crippen MR) is 180 cm³/mol. The van der Waals surface area contributed by atoms with Gasteiger partial charge in [0.25, 0.3) is 0 Å². The standard InChI is InChI=1S/C39H47NO8/c1-38(2,3)48-37(42)40-31(27-46-39(40,4)5)21-22-32-34(43-24-28-15-9-6-10-16-28)36(45-26-30-19-13-8-14-20-30)35(33(23-41)47-32)44-25-29-17-11-7-12-18-29/h6-20,31-36,41H,23-27H2,1-5H3/t31-,32+,33+,34-,35-,36+/m0/s1. The van der Waals surface area contributed by atoms with Crippen molar-refractivity contribution >= 4 is 6.09 Å². The summed E-state index contributed by atoms with van der Waals surface area (Å²) in [6, 6.07) is 28.9. The Morgan fingerprint density at radius 2 is 1.27 bits per heavy atom. The van der Waals surface area contributed by atoms with Crippen LogP contribution in [-0.4, -0.2) is 77.2 Å². The first-order valence-electron chi connectivity index (χ1n) is 16.4. The quantitative estimate of drug-likeness (QED) is 0.270. The number of ether oxygens (including phenoxy) is 6. The Balaban J connectivity index is 1.47. The third-order valence-corrected chi connectivity index (χ3v) is 8.14. The molecule has 6 atom stereocenters. The number of aliphatic hydroxyl groups excluding tert-OH is 1. The van der Waals surface area contributed by atoms with Crippen molar-refractivity contribution in [3.05, 3.63) is 108 Å². The highest BCUT2D eigenvalue weighted by Crippen LogP contribution is 2.32. The Labute approximate surface area is 284 Å². The summed E-state index contributed by atoms with van der Waals surface area (Å²) >= 11 is 0. The van der Waals surface area contributed by atoms with E-state index < -0.39 is 54.0 Å². The van der Waals surface area contributed by atoms with Crippen LogP contribution in [0.25, 0.3) is 0 Å². The van der Waals surface area contributed by atoms with Gasteiger partial charge in [0.1, 0.15) is 47.9 Å². The van der Waals surface area contributed by atoms with E-state index in [9.17, 15) is 9.90 Å². The van der Waals surface area contributed by atoms with E-state index in [0.29, 0.717) is 0 Å². The molecular weight excluding hydrogens is 610 g/mol. The number of benzene rings is 3. The SMILES string of the molecule is CC(C)(C)OC(=O)N1[C@@H](C#C[C@H]2O[C@H](CO)[C@H](OCc3ccccc3)[C@H](OCc3ccccc3)[C@H]2OCc2ccccc2)COC1(C)C. The Morgan fingerprint density at radius 3 is 1.75 bits per heavy atom. The second-order valence-electron chi connectivity index (χ2n) is 13.5. The van der Waals surface area contributed by atoms with Gasteiger partial charge >= 0.3 is 6.09 Å². The van der Waals surface area contributed by atoms with Crippen LogP contribution in [0.4, 0.5) is 4.79 Å². The Morgan fingerprint density at radius 1 is 0.792 bits per heavy atom. The van der Waals surface area contributed by atoms with Crippen LogP contribution in [-0.2, 0) is 48.2 Å². The van der Waals surface area contributed by atoms with Crippen molar-refractivity contribution in [2.24, 2.45) is 0 Å². The maximum atomic E-state index is 13.3. The molecule has 0 radical (unpaired) electrons. The molecule has 0 unspecified atom stereocenters. The summed E-state index contributed by atoms with van der Waals surface area (Å²) in [6.07, 6.45) is -4.16. The van der Waals surface area contributed by atoms with Gasteiger partial charge in [-0.3, -0.25) is 4.90 Å². The fraction of sp³-hybridized carbons (Fsp3) is 0.462. The van der Waals surface area contributed by atoms with Crippen LogP contribution in [0.5, 0.6) is 0 Å². The molecule has 2 aliphatic rings. The lowest BCUT2D eigenvalue weighted by molar-refractivity contribution is -0.258. The number of carbonyl (C=O) groups is 1. The highest BCUT2D eigenvalue weighted by Gasteiger charge is 2.49. The lowest BCUT2D eigenvalue weighted by Gasteiger charge is -2.44. The molecule has 1 N–H and O–H groups in total. The minimum absolute atomic E-state index is 0.196. The van der Waals surface area contributed by atoms with Gasteiger partial charge in [-0.2, -0.15) is 0 Å². The van der Waals surface area contributed by atoms with Gasteiger partial charge in [0, 0.05) is 0 Å². The van der Waals surface area contributed by atoms with Crippen molar-refractivity contribution in [1.29, 1.82) is 0 Å². The molecule has 5 rings (SSSR count). The fourth-order valence-corrected chi connectivity index (χ4v) is 5.80. The Bertz CT molecular complexity index is 1500. The number of carbonyl (C=O) groups excluding carboxylic acids is 1. The lowest BCUT2D eigenvalue weighted by Crippen LogP contribution is -2.60. The van der Waals surface area contributed by atoms with E-state index in [1.54, 1.807) is 0 Å². The molecule has 0 spiro atoms. The topological polar surface area (TPSA) is 95.9 Å². The van der Waals surface area contributed by atoms with E-state index in [4.69, 9.17) is 28.4 Å². The molecule has 9 heteroatoms. The molecule has 2 heterocycles. The number of amides is 1. The van der Waals surface area contributed by atoms with Crippen LogP contribution in [0.2, 0.25) is 0 Å². The van der Waals surface area contributed by atoms with Crippen LogP contribution in [0.3, 0.4) is 0 Å². The number of rotatable bonds is 10. The Hall–Kier alpha value is -3.75. The summed E-state index contributed by atoms with van der Waals surface area (Å²) < 4.78 is 37.9. The van der Waals surface area contributed by atoms with Crippen molar-refractivity contribution in [2.75, 3.05) is 13.2 Å². The van der Waals surface area contributed by atoms with Crippen LogP contribution in [0.15, 0.2) is 91.0 Å². The summed E-state index contributed by atoms with van der Waals surface area (Å²) in [6.45, 7) is 9.81. The molecule has 0 aromatic heterocycles. The van der Waals surface area contributed by atoms with Crippen molar-refractivity contribution in [2.45, 2.75) is 102 Å². The Kier molecular flexibility index (Phi) is 11.9. The van der Waals surface area contributed by atoms with Crippen LogP contribution >= 0.6 is 0 Å². The van der Waals surface area contributed by atoms with Gasteiger partial charge in [0.2, 0.25) is 0 Å². The molecule has 0 aliphatic carbocycles. The van der Waals surface area contributed by atoms with Crippen molar-refractivity contribution in [3.63, 3.8) is 0 Å². The second-order valence-corrected chi connectivity index (χ2v) is 13.5. The zero-order valence-corrected chi connectivity index (χ0v) is 28.4. The molecule has 1 amide bonds. The molecule has 3 aromatic carbocycles. The molecule has 0 saturated carbocycles. The third kappa shape index (κ3) is 9.44. The second kappa shape index (κ2) is 16.1. The van der Waals surface area contributed by atoms with E-state index in [2.05, 4.69) is 11.8 Å². The largest absolute Gasteiger partial charge is 0.444 e. The first-order valence-corrected chi connectivity index (χ1v) is 16.4. The normalized spacial score (nSPS) is 25.2. The highest BCUT2D eigenvalue weighted by molar-refractivity contribution is 5.70. The van der Waals surface area contributed by atoms with E-state index in [0.717, 1.165) is 16.7 Å². The van der Waals surface area contributed by atoms with E-state index >= 15 is 0 Å². The van der Waals surface area contributed by atoms with Gasteiger partial charge in [0.15, 0.2) is 0 Å². The van der Waals surface area contributed by atoms with E-state index in [1.165, 1.54) is 4.90 Å². The number of hydrogen-bond acceptors (Lipinski definition) is 8. The highest BCUT2D eigenvalue weighted by atomic mass is 16.6. The molecular formula is C39H47NO8. The first-order chi connectivity index (χ1) is 23.0. The third-order valence-electron chi connectivity index (χ3n) is 8.14. The molecule has 256 valence electrons. The van der Waals surface area contributed by atoms with Gasteiger partial charge in [-0.05, 0) is 51.3 Å². The fourth-order valence-electron chi connectivity index (χ4n) is 5.80. The molecule has 2 saturated heterocycles. The smallest absolute Gasteiger partial charge is 0.413 e. The van der Waals surface area contributed by atoms with Gasteiger partial charge in [0.05, 0.1) is 33.0 Å². The molecule has 9 nitrogen and oxygen atoms in total. The molecule has 3 aromatic rings. The molecule has 2 fully saturated rings. The molecule has 2 aliphatic heterocycles. The van der Waals surface area contributed by atoms with Crippen molar-refractivity contribution < 1.29 is 38.3 Å². The van der Waals surface area contributed by atoms with Crippen molar-refractivity contribution in [1.82, 2.24) is 4.90 Å². The zero-order chi connectivity index (χ0) is 34.1. The summed E-state index contributed by atoms with van der Waals surface area (Å²) in [5.41, 5.74) is 1.31. The number of nitrogens with zero attached hydrogens (tertiary/aromatic N) is 1. The summed E-state index contributed by atoms with van der Waals surface area (Å²) in [5.74, 6) is 6.48. The maximum Gasteiger partial charge on any atom is 0.413 e. The first kappa shape index (κ1) is 35.6. The van der Waals surface area contributed by atoms with E-state index in [-0.39, 0.29) is 33.0 Å². The minimum Gasteiger partial charge on any atom is -0.444 e. The summed E-state index contributed by atoms with van der Waals surface area (Å²) in [4.78, 5) is 14.8. The van der Waals surface area contributed by atoms with Gasteiger partial charge in [-0.25, -0.2) is 4.79 Å². The predicted octanol–water partition coefficient (Wildman–Crippen LogP) is 5.88. The number of hydrogen-bond donors (Lipinski definition) is 1. The van der Waals surface area contributed by atoms with Gasteiger partial charge in [-0.1, -0.05) is 103 Å². The molecule has 0 bridgehead atoms. The van der Waals surface area contributed by atoms with Crippen LogP contribution < -0.4 is 0 Å². The maximum absolute atomic E-state index is 13.3. The minimum atomic E-state index is -0.927. The van der Waals surface area contributed by atoms with Gasteiger partial charge in [-0.15, -0.1) is 0 Å². The monoisotopic (exact) mass is 657 g/mol. The zero-order valence-electron chi connectivity index (χ0n) is 28.4. The molecule has 48 heavy (non-hydrogen) atoms. The summed E-state index contributed by atoms with van der Waals surface area (Å²) in [5, 5.41) is 10.6.